The summed E-state index contributed by atoms with van der Waals surface area (Å²) in [6.07, 6.45) is 1.93. The van der Waals surface area contributed by atoms with Gasteiger partial charge in [-0.3, -0.25) is 4.68 Å². The van der Waals surface area contributed by atoms with Crippen molar-refractivity contribution in [1.29, 1.82) is 0 Å². The molecule has 1 aromatic carbocycles. The molecule has 6 nitrogen and oxygen atoms in total. The summed E-state index contributed by atoms with van der Waals surface area (Å²) in [5, 5.41) is 4.40. The SMILES string of the molecule is Cc1nn(C/C(F)=C/CN)c(C)c1Cc1ccc(S(=O)(=O)N(C)C)cc1. The Labute approximate surface area is 154 Å². The summed E-state index contributed by atoms with van der Waals surface area (Å²) in [5.74, 6) is -0.317. The Kier molecular flexibility index (Phi) is 6.33. The Balaban J connectivity index is 2.24. The first-order valence-electron chi connectivity index (χ1n) is 8.25. The molecule has 0 unspecified atom stereocenters. The molecule has 0 amide bonds. The fourth-order valence-electron chi connectivity index (χ4n) is 2.67. The summed E-state index contributed by atoms with van der Waals surface area (Å²) in [5.41, 5.74) is 9.01. The summed E-state index contributed by atoms with van der Waals surface area (Å²) >= 11 is 0. The standard InChI is InChI=1S/C18H25FN4O2S/c1-13-18(14(2)23(21-13)12-16(19)9-10-20)11-15-5-7-17(8-6-15)26(24,25)22(3)4/h5-9H,10-12,20H2,1-4H3/b16-9-. The van der Waals surface area contributed by atoms with Crippen LogP contribution >= 0.6 is 0 Å². The summed E-state index contributed by atoms with van der Waals surface area (Å²) < 4.78 is 40.8. The highest BCUT2D eigenvalue weighted by atomic mass is 32.2. The van der Waals surface area contributed by atoms with Gasteiger partial charge in [0.05, 0.1) is 17.1 Å². The molecule has 0 aliphatic heterocycles. The molecular weight excluding hydrogens is 355 g/mol. The van der Waals surface area contributed by atoms with Gasteiger partial charge in [-0.15, -0.1) is 0 Å². The van der Waals surface area contributed by atoms with E-state index in [2.05, 4.69) is 5.10 Å². The minimum Gasteiger partial charge on any atom is -0.327 e. The number of rotatable bonds is 7. The van der Waals surface area contributed by atoms with Crippen molar-refractivity contribution in [2.75, 3.05) is 20.6 Å². The first-order chi connectivity index (χ1) is 12.2. The minimum atomic E-state index is -3.44. The highest BCUT2D eigenvalue weighted by molar-refractivity contribution is 7.89. The van der Waals surface area contributed by atoms with E-state index in [4.69, 9.17) is 5.73 Å². The largest absolute Gasteiger partial charge is 0.327 e. The Hall–Kier alpha value is -2.03. The first-order valence-corrected chi connectivity index (χ1v) is 9.69. The van der Waals surface area contributed by atoms with Gasteiger partial charge in [-0.1, -0.05) is 12.1 Å². The van der Waals surface area contributed by atoms with Gasteiger partial charge in [-0.2, -0.15) is 5.10 Å². The van der Waals surface area contributed by atoms with Crippen molar-refractivity contribution >= 4 is 10.0 Å². The van der Waals surface area contributed by atoms with Crippen molar-refractivity contribution in [2.45, 2.75) is 31.7 Å². The molecular formula is C18H25FN4O2S. The van der Waals surface area contributed by atoms with E-state index in [-0.39, 0.29) is 23.8 Å². The van der Waals surface area contributed by atoms with Gasteiger partial charge in [0.15, 0.2) is 0 Å². The summed E-state index contributed by atoms with van der Waals surface area (Å²) in [6.45, 7) is 3.99. The predicted molar refractivity (Wildman–Crippen MR) is 100 cm³/mol. The van der Waals surface area contributed by atoms with Crippen molar-refractivity contribution in [2.24, 2.45) is 5.73 Å². The van der Waals surface area contributed by atoms with Crippen LogP contribution in [0.5, 0.6) is 0 Å². The second-order valence-corrected chi connectivity index (χ2v) is 8.45. The molecule has 0 fully saturated rings. The predicted octanol–water partition coefficient (Wildman–Crippen LogP) is 2.15. The van der Waals surface area contributed by atoms with E-state index in [1.54, 1.807) is 28.9 Å². The van der Waals surface area contributed by atoms with Crippen molar-refractivity contribution in [3.63, 3.8) is 0 Å². The average Bonchev–Trinajstić information content (AvgIpc) is 2.83. The van der Waals surface area contributed by atoms with Gasteiger partial charge in [0, 0.05) is 38.3 Å². The summed E-state index contributed by atoms with van der Waals surface area (Å²) in [6, 6.07) is 6.79. The van der Waals surface area contributed by atoms with Gasteiger partial charge < -0.3 is 5.73 Å². The molecule has 142 valence electrons. The van der Waals surface area contributed by atoms with Crippen molar-refractivity contribution in [3.8, 4) is 0 Å². The van der Waals surface area contributed by atoms with Crippen LogP contribution in [-0.2, 0) is 23.0 Å². The Morgan fingerprint density at radius 1 is 1.27 bits per heavy atom. The van der Waals surface area contributed by atoms with Gasteiger partial charge in [0.25, 0.3) is 0 Å². The number of hydrogen-bond donors (Lipinski definition) is 1. The second-order valence-electron chi connectivity index (χ2n) is 6.30. The molecule has 8 heteroatoms. The number of nitrogens with zero attached hydrogens (tertiary/aromatic N) is 3. The van der Waals surface area contributed by atoms with Crippen LogP contribution in [-0.4, -0.2) is 43.1 Å². The fraction of sp³-hybridized carbons (Fsp3) is 0.389. The molecule has 0 radical (unpaired) electrons. The number of benzene rings is 1. The van der Waals surface area contributed by atoms with E-state index in [0.29, 0.717) is 6.42 Å². The molecule has 0 saturated heterocycles. The lowest BCUT2D eigenvalue weighted by atomic mass is 10.0. The van der Waals surface area contributed by atoms with E-state index >= 15 is 0 Å². The highest BCUT2D eigenvalue weighted by Gasteiger charge is 2.17. The molecule has 2 N–H and O–H groups in total. The van der Waals surface area contributed by atoms with Crippen molar-refractivity contribution < 1.29 is 12.8 Å². The molecule has 0 spiro atoms. The molecule has 26 heavy (non-hydrogen) atoms. The molecule has 0 aliphatic rings. The lowest BCUT2D eigenvalue weighted by molar-refractivity contribution is 0.517. The van der Waals surface area contributed by atoms with Crippen molar-refractivity contribution in [3.05, 3.63) is 58.7 Å². The van der Waals surface area contributed by atoms with Crippen LogP contribution in [0.1, 0.15) is 22.5 Å². The van der Waals surface area contributed by atoms with E-state index in [1.165, 1.54) is 24.5 Å². The number of sulfonamides is 1. The average molecular weight is 380 g/mol. The second kappa shape index (κ2) is 8.11. The van der Waals surface area contributed by atoms with Crippen LogP contribution in [0.3, 0.4) is 0 Å². The van der Waals surface area contributed by atoms with Crippen LogP contribution in [0, 0.1) is 13.8 Å². The number of aryl methyl sites for hydroxylation is 1. The van der Waals surface area contributed by atoms with Crippen LogP contribution in [0.15, 0.2) is 41.1 Å². The van der Waals surface area contributed by atoms with E-state index in [9.17, 15) is 12.8 Å². The lowest BCUT2D eigenvalue weighted by Gasteiger charge is -2.11. The van der Waals surface area contributed by atoms with Gasteiger partial charge in [0.1, 0.15) is 5.83 Å². The van der Waals surface area contributed by atoms with E-state index in [0.717, 1.165) is 22.5 Å². The van der Waals surface area contributed by atoms with E-state index in [1.807, 2.05) is 13.8 Å². The Morgan fingerprint density at radius 3 is 2.42 bits per heavy atom. The van der Waals surface area contributed by atoms with Crippen LogP contribution < -0.4 is 5.73 Å². The fourth-order valence-corrected chi connectivity index (χ4v) is 3.58. The maximum absolute atomic E-state index is 13.7. The highest BCUT2D eigenvalue weighted by Crippen LogP contribution is 2.21. The molecule has 0 atom stereocenters. The maximum Gasteiger partial charge on any atom is 0.242 e. The Morgan fingerprint density at radius 2 is 1.88 bits per heavy atom. The number of aromatic nitrogens is 2. The maximum atomic E-state index is 13.7. The third kappa shape index (κ3) is 4.38. The summed E-state index contributed by atoms with van der Waals surface area (Å²) in [4.78, 5) is 0.254. The first kappa shape index (κ1) is 20.3. The smallest absolute Gasteiger partial charge is 0.242 e. The lowest BCUT2D eigenvalue weighted by Crippen LogP contribution is -2.22. The topological polar surface area (TPSA) is 81.2 Å². The van der Waals surface area contributed by atoms with E-state index < -0.39 is 10.0 Å². The van der Waals surface area contributed by atoms with Crippen molar-refractivity contribution in [1.82, 2.24) is 14.1 Å². The van der Waals surface area contributed by atoms with Gasteiger partial charge in [-0.05, 0) is 37.6 Å². The molecule has 1 aromatic heterocycles. The summed E-state index contributed by atoms with van der Waals surface area (Å²) in [7, 11) is -0.434. The van der Waals surface area contributed by atoms with Crippen LogP contribution in [0.25, 0.3) is 0 Å². The zero-order chi connectivity index (χ0) is 19.5. The van der Waals surface area contributed by atoms with Crippen LogP contribution in [0.2, 0.25) is 0 Å². The molecule has 0 aliphatic carbocycles. The monoisotopic (exact) mass is 380 g/mol. The van der Waals surface area contributed by atoms with Gasteiger partial charge in [0.2, 0.25) is 10.0 Å². The molecule has 0 saturated carbocycles. The quantitative estimate of drug-likeness (QED) is 0.798. The normalized spacial score (nSPS) is 12.8. The zero-order valence-corrected chi connectivity index (χ0v) is 16.3. The third-order valence-corrected chi connectivity index (χ3v) is 6.08. The number of hydrogen-bond acceptors (Lipinski definition) is 4. The zero-order valence-electron chi connectivity index (χ0n) is 15.5. The molecule has 2 rings (SSSR count). The van der Waals surface area contributed by atoms with Gasteiger partial charge in [-0.25, -0.2) is 17.1 Å². The molecule has 1 heterocycles. The van der Waals surface area contributed by atoms with Gasteiger partial charge >= 0.3 is 0 Å². The van der Waals surface area contributed by atoms with Crippen LogP contribution in [0.4, 0.5) is 4.39 Å². The number of halogens is 1. The molecule has 0 bridgehead atoms. The minimum absolute atomic E-state index is 0.0594. The number of allylic oxidation sites excluding steroid dienone is 1. The number of nitrogens with two attached hydrogens (primary N) is 1. The Bertz CT molecular complexity index is 900. The third-order valence-electron chi connectivity index (χ3n) is 4.25. The molecule has 2 aromatic rings.